The second-order valence-electron chi connectivity index (χ2n) is 3.99. The molecule has 0 aliphatic rings. The van der Waals surface area contributed by atoms with Gasteiger partial charge in [-0.25, -0.2) is 0 Å². The molecule has 0 amide bonds. The maximum atomic E-state index is 10.1. The van der Waals surface area contributed by atoms with Gasteiger partial charge >= 0.3 is 0 Å². The van der Waals surface area contributed by atoms with Crippen LogP contribution < -0.4 is 0 Å². The van der Waals surface area contributed by atoms with E-state index in [2.05, 4.69) is 17.5 Å². The number of aliphatic hydroxyl groups excluding tert-OH is 1. The second kappa shape index (κ2) is 4.35. The van der Waals surface area contributed by atoms with Crippen molar-refractivity contribution in [3.63, 3.8) is 0 Å². The van der Waals surface area contributed by atoms with E-state index in [0.717, 1.165) is 0 Å². The predicted octanol–water partition coefficient (Wildman–Crippen LogP) is 3.77. The summed E-state index contributed by atoms with van der Waals surface area (Å²) in [4.78, 5) is 0. The van der Waals surface area contributed by atoms with E-state index in [4.69, 9.17) is 4.42 Å². The Bertz CT molecular complexity index is 610. The summed E-state index contributed by atoms with van der Waals surface area (Å²) in [6.07, 6.45) is 1.62. The molecule has 2 nitrogen and oxygen atoms in total. The number of rotatable bonds is 3. The Labute approximate surface area is 103 Å². The van der Waals surface area contributed by atoms with Gasteiger partial charge in [0.25, 0.3) is 0 Å². The molecule has 2 aromatic heterocycles. The van der Waals surface area contributed by atoms with Gasteiger partial charge in [-0.1, -0.05) is 18.2 Å². The van der Waals surface area contributed by atoms with E-state index in [0.29, 0.717) is 12.2 Å². The van der Waals surface area contributed by atoms with Crippen molar-refractivity contribution in [2.45, 2.75) is 12.5 Å². The third kappa shape index (κ3) is 1.99. The fourth-order valence-corrected chi connectivity index (χ4v) is 2.96. The van der Waals surface area contributed by atoms with Crippen LogP contribution in [0.1, 0.15) is 17.4 Å². The molecule has 17 heavy (non-hydrogen) atoms. The first kappa shape index (κ1) is 10.6. The molecule has 0 saturated heterocycles. The van der Waals surface area contributed by atoms with Gasteiger partial charge in [0.05, 0.1) is 6.26 Å². The molecule has 0 bridgehead atoms. The summed E-state index contributed by atoms with van der Waals surface area (Å²) < 4.78 is 6.47. The summed E-state index contributed by atoms with van der Waals surface area (Å²) in [6, 6.07) is 11.9. The van der Waals surface area contributed by atoms with Gasteiger partial charge in [0.2, 0.25) is 0 Å². The van der Waals surface area contributed by atoms with Gasteiger partial charge in [0.1, 0.15) is 11.9 Å². The molecule has 0 aliphatic heterocycles. The predicted molar refractivity (Wildman–Crippen MR) is 69.2 cm³/mol. The van der Waals surface area contributed by atoms with E-state index >= 15 is 0 Å². The molecule has 3 rings (SSSR count). The smallest absolute Gasteiger partial charge is 0.132 e. The second-order valence-corrected chi connectivity index (χ2v) is 4.90. The Kier molecular flexibility index (Phi) is 2.71. The van der Waals surface area contributed by atoms with Crippen LogP contribution in [0.2, 0.25) is 0 Å². The topological polar surface area (TPSA) is 33.4 Å². The summed E-state index contributed by atoms with van der Waals surface area (Å²) in [5.74, 6) is 0.625. The summed E-state index contributed by atoms with van der Waals surface area (Å²) in [5.41, 5.74) is 1.18. The normalized spacial score (nSPS) is 13.0. The van der Waals surface area contributed by atoms with Crippen molar-refractivity contribution in [2.24, 2.45) is 0 Å². The lowest BCUT2D eigenvalue weighted by atomic mass is 10.1. The first-order valence-corrected chi connectivity index (χ1v) is 6.39. The van der Waals surface area contributed by atoms with E-state index in [1.165, 1.54) is 15.6 Å². The Morgan fingerprint density at radius 3 is 2.88 bits per heavy atom. The van der Waals surface area contributed by atoms with Crippen LogP contribution in [0.3, 0.4) is 0 Å². The van der Waals surface area contributed by atoms with Crippen molar-refractivity contribution in [3.8, 4) is 0 Å². The molecule has 3 heteroatoms. The first-order valence-electron chi connectivity index (χ1n) is 5.51. The third-order valence-corrected chi connectivity index (χ3v) is 3.86. The van der Waals surface area contributed by atoms with Crippen molar-refractivity contribution in [2.75, 3.05) is 0 Å². The van der Waals surface area contributed by atoms with Crippen molar-refractivity contribution < 1.29 is 9.52 Å². The zero-order valence-electron chi connectivity index (χ0n) is 9.17. The molecule has 3 aromatic rings. The average molecular weight is 244 g/mol. The van der Waals surface area contributed by atoms with Crippen molar-refractivity contribution in [1.29, 1.82) is 0 Å². The summed E-state index contributed by atoms with van der Waals surface area (Å²) in [7, 11) is 0. The summed E-state index contributed by atoms with van der Waals surface area (Å²) in [6.45, 7) is 0. The molecular formula is C14H12O2S. The first-order chi connectivity index (χ1) is 8.34. The number of aliphatic hydroxyl groups is 1. The monoisotopic (exact) mass is 244 g/mol. The van der Waals surface area contributed by atoms with Crippen LogP contribution in [-0.2, 0) is 6.42 Å². The highest BCUT2D eigenvalue weighted by Crippen LogP contribution is 2.29. The van der Waals surface area contributed by atoms with Gasteiger partial charge in [-0.2, -0.15) is 0 Å². The Balaban J connectivity index is 1.90. The molecular weight excluding hydrogens is 232 g/mol. The number of furan rings is 1. The SMILES string of the molecule is OC(Cc1csc2ccccc12)c1ccco1. The van der Waals surface area contributed by atoms with Crippen molar-refractivity contribution in [3.05, 3.63) is 59.4 Å². The number of fused-ring (bicyclic) bond motifs is 1. The molecule has 1 N–H and O–H groups in total. The van der Waals surface area contributed by atoms with Crippen LogP contribution in [0.4, 0.5) is 0 Å². The molecule has 0 fully saturated rings. The number of benzene rings is 1. The highest BCUT2D eigenvalue weighted by molar-refractivity contribution is 7.17. The van der Waals surface area contributed by atoms with Crippen LogP contribution in [-0.4, -0.2) is 5.11 Å². The van der Waals surface area contributed by atoms with Gasteiger partial charge < -0.3 is 9.52 Å². The molecule has 0 aliphatic carbocycles. The highest BCUT2D eigenvalue weighted by Gasteiger charge is 2.13. The van der Waals surface area contributed by atoms with Crippen LogP contribution in [0.5, 0.6) is 0 Å². The van der Waals surface area contributed by atoms with Gasteiger partial charge in [-0.15, -0.1) is 11.3 Å². The standard InChI is InChI=1S/C14H12O2S/c15-12(13-5-3-7-16-13)8-10-9-17-14-6-2-1-4-11(10)14/h1-7,9,12,15H,8H2. The largest absolute Gasteiger partial charge is 0.467 e. The number of hydrogen-bond donors (Lipinski definition) is 1. The molecule has 1 unspecified atom stereocenters. The van der Waals surface area contributed by atoms with Crippen molar-refractivity contribution >= 4 is 21.4 Å². The minimum atomic E-state index is -0.567. The molecule has 0 saturated carbocycles. The lowest BCUT2D eigenvalue weighted by Crippen LogP contribution is -1.99. The van der Waals surface area contributed by atoms with Crippen LogP contribution >= 0.6 is 11.3 Å². The fraction of sp³-hybridized carbons (Fsp3) is 0.143. The molecule has 2 heterocycles. The molecule has 0 spiro atoms. The van der Waals surface area contributed by atoms with Crippen LogP contribution in [0.15, 0.2) is 52.5 Å². The molecule has 1 atom stereocenters. The van der Waals surface area contributed by atoms with Gasteiger partial charge in [-0.3, -0.25) is 0 Å². The minimum absolute atomic E-state index is 0.567. The number of hydrogen-bond acceptors (Lipinski definition) is 3. The fourth-order valence-electron chi connectivity index (χ4n) is 1.98. The summed E-state index contributed by atoms with van der Waals surface area (Å²) in [5, 5.41) is 13.4. The van der Waals surface area contributed by atoms with Gasteiger partial charge in [0.15, 0.2) is 0 Å². The lowest BCUT2D eigenvalue weighted by Gasteiger charge is -2.06. The quantitative estimate of drug-likeness (QED) is 0.760. The van der Waals surface area contributed by atoms with E-state index < -0.39 is 6.10 Å². The maximum absolute atomic E-state index is 10.1. The Morgan fingerprint density at radius 2 is 2.06 bits per heavy atom. The molecule has 0 radical (unpaired) electrons. The lowest BCUT2D eigenvalue weighted by molar-refractivity contribution is 0.150. The van der Waals surface area contributed by atoms with Crippen LogP contribution in [0, 0.1) is 0 Å². The Hall–Kier alpha value is -1.58. The highest BCUT2D eigenvalue weighted by atomic mass is 32.1. The van der Waals surface area contributed by atoms with E-state index in [9.17, 15) is 5.11 Å². The molecule has 86 valence electrons. The Morgan fingerprint density at radius 1 is 1.18 bits per heavy atom. The molecule has 1 aromatic carbocycles. The van der Waals surface area contributed by atoms with Crippen LogP contribution in [0.25, 0.3) is 10.1 Å². The zero-order chi connectivity index (χ0) is 11.7. The van der Waals surface area contributed by atoms with Crippen molar-refractivity contribution in [1.82, 2.24) is 0 Å². The van der Waals surface area contributed by atoms with E-state index in [1.54, 1.807) is 29.7 Å². The third-order valence-electron chi connectivity index (χ3n) is 2.85. The zero-order valence-corrected chi connectivity index (χ0v) is 9.98. The summed E-state index contributed by atoms with van der Waals surface area (Å²) >= 11 is 1.71. The minimum Gasteiger partial charge on any atom is -0.467 e. The maximum Gasteiger partial charge on any atom is 0.132 e. The van der Waals surface area contributed by atoms with Gasteiger partial charge in [0, 0.05) is 11.1 Å². The van der Waals surface area contributed by atoms with E-state index in [-0.39, 0.29) is 0 Å². The van der Waals surface area contributed by atoms with Gasteiger partial charge in [-0.05, 0) is 34.5 Å². The van der Waals surface area contributed by atoms with E-state index in [1.807, 2.05) is 12.1 Å². The average Bonchev–Trinajstić information content (AvgIpc) is 2.98. The number of thiophene rings is 1.